The number of aldehydes is 1. The van der Waals surface area contributed by atoms with Crippen molar-refractivity contribution in [1.29, 1.82) is 5.26 Å². The number of aliphatic carboxylic acids is 2. The molecular weight excluding hydrogens is 1430 g/mol. The molecule has 26 atom stereocenters. The topological polar surface area (TPSA) is 645 Å². The Morgan fingerprint density at radius 1 is 0.537 bits per heavy atom. The minimum Gasteiger partial charge on any atom is -0.726 e. The van der Waals surface area contributed by atoms with E-state index in [1.54, 1.807) is 0 Å². The minimum atomic E-state index is -5.22. The largest absolute Gasteiger partial charge is 1.00 e. The molecule has 95 heavy (non-hydrogen) atoms. The van der Waals surface area contributed by atoms with E-state index in [0.29, 0.717) is 25.1 Å². The molecule has 8 N–H and O–H groups in total. The van der Waals surface area contributed by atoms with Crippen molar-refractivity contribution in [2.24, 2.45) is 17.6 Å². The van der Waals surface area contributed by atoms with Crippen LogP contribution in [0.2, 0.25) is 0 Å². The summed E-state index contributed by atoms with van der Waals surface area (Å²) >= 11 is 7.91. The zero-order valence-electron chi connectivity index (χ0n) is 50.9. The van der Waals surface area contributed by atoms with Gasteiger partial charge in [0.05, 0.1) is 68.9 Å². The standard InChI is InChI=1S/C23H40O19S3.C20H32O20S2.C2H7NS.CN.B.Na/c1-10-16(25)18(35-2)14(8-36-44(29,30)31)40-22(10)39-13-7-11(24)23(42-20(13)21(27)28)41-19-15(9-37-45(32,33)34)38-12(17(19)26)5-3-4-6-43;1-7-13(23)15(33-2)11(5-34-41(27,28)29)38-19(7)37-9-3-8(22)20(40-17(9)18(25)26)39-16-12(6-35-42(30,31)32)36-10(4-21)14(16)24;3-1-2-4;1-2;;/h10-20,22-26,43H,3-9H2,1-2H3,(H,27,28)(H,29,30,31)(H,32,33,34);4,7-17,19-20,22-24H,3,5-6H2,1-2H3,(H,25,26)(H,27,28,29)(H,30,31,32);4H,1-3H2;;;/q;;;-1;;+1/p-6/t10?,11?,12-,13-,14?,15+,16+,17+,18+,19?,20?,22+,23+;7?,8?,9-,10-,11?,12+,13+,14-,15+,16?,17?,19+,20+;;;;/m00..../s1. The van der Waals surface area contributed by atoms with Gasteiger partial charge >= 0.3 is 29.6 Å². The number of aliphatic hydroxyl groups excluding tert-OH is 6. The first-order valence-corrected chi connectivity index (χ1v) is 34.0. The van der Waals surface area contributed by atoms with E-state index in [1.807, 2.05) is 0 Å². The number of carbonyl (C=O) groups is 3. The molecule has 0 bridgehead atoms. The summed E-state index contributed by atoms with van der Waals surface area (Å²) in [4.78, 5) is 35.2. The fourth-order valence-electron chi connectivity index (χ4n) is 10.0. The van der Waals surface area contributed by atoms with Gasteiger partial charge in [-0.2, -0.15) is 25.3 Å². The Kier molecular flexibility index (Phi) is 40.7. The number of hydrogen-bond donors (Lipinski definition) is 9. The number of nitrogens with zero attached hydrogens (tertiary/aromatic N) is 1. The van der Waals surface area contributed by atoms with Crippen molar-refractivity contribution in [1.82, 2.24) is 0 Å². The van der Waals surface area contributed by atoms with Crippen LogP contribution in [0.3, 0.4) is 0 Å². The van der Waals surface area contributed by atoms with Gasteiger partial charge in [0.15, 0.2) is 31.4 Å². The zero-order chi connectivity index (χ0) is 70.7. The summed E-state index contributed by atoms with van der Waals surface area (Å²) in [6.07, 6.45) is -35.8. The van der Waals surface area contributed by atoms with Gasteiger partial charge in [-0.3, -0.25) is 16.7 Å². The SMILES string of the molecule is CO[C@@H]1C(COS(=O)(=O)[O-])O[C@@H](O[C@H]2CC(O)[C@H](OC3[C@@H](COS(=O)(=O)[O-])O[C@@H](CCCCS)[C@H]3O)OC2C(=O)[O-])C(C)[C@H]1O.CO[C@@H]1C(COS(=O)(=O)[O-])O[C@@H](O[C@H]2CC(O)[C@H](OC3[C@@H](O)[C@H](C=O)O[C@@H]3COS(=O)(=O)[O-])OC2C(=O)[O-])C(C)[C@H]1O.NCCS.[B].[C-]#N.[Na+]. The molecule has 6 aliphatic rings. The molecule has 0 aliphatic carbocycles. The van der Waals surface area contributed by atoms with Crippen molar-refractivity contribution in [3.63, 3.8) is 0 Å². The maximum Gasteiger partial charge on any atom is 1.00 e. The van der Waals surface area contributed by atoms with Crippen LogP contribution in [-0.4, -0.2) is 315 Å². The van der Waals surface area contributed by atoms with E-state index >= 15 is 0 Å². The Bertz CT molecular complexity index is 2790. The molecule has 10 unspecified atom stereocenters. The van der Waals surface area contributed by atoms with Crippen LogP contribution < -0.4 is 45.5 Å². The van der Waals surface area contributed by atoms with Crippen LogP contribution in [0.1, 0.15) is 46.0 Å². The van der Waals surface area contributed by atoms with Crippen molar-refractivity contribution < 1.29 is 210 Å². The van der Waals surface area contributed by atoms with E-state index in [1.165, 1.54) is 28.1 Å². The van der Waals surface area contributed by atoms with Crippen LogP contribution in [0.5, 0.6) is 0 Å². The Labute approximate surface area is 581 Å². The Morgan fingerprint density at radius 2 is 0.874 bits per heavy atom. The Morgan fingerprint density at radius 3 is 1.18 bits per heavy atom. The molecule has 3 radical (unpaired) electrons. The third-order valence-electron chi connectivity index (χ3n) is 14.5. The number of aliphatic hydroxyl groups is 6. The second-order valence-corrected chi connectivity index (χ2v) is 25.9. The van der Waals surface area contributed by atoms with E-state index in [9.17, 15) is 107 Å². The van der Waals surface area contributed by atoms with Crippen molar-refractivity contribution in [3.05, 3.63) is 6.57 Å². The first kappa shape index (κ1) is 91.6. The molecule has 6 fully saturated rings. The smallest absolute Gasteiger partial charge is 0.726 e. The maximum absolute atomic E-state index is 12.1. The van der Waals surface area contributed by atoms with Gasteiger partial charge in [-0.05, 0) is 25.0 Å². The average Bonchev–Trinajstić information content (AvgIpc) is 1.54. The zero-order valence-corrected chi connectivity index (χ0v) is 57.9. The first-order chi connectivity index (χ1) is 43.3. The summed E-state index contributed by atoms with van der Waals surface area (Å²) < 4.78 is 213. The molecule has 547 valence electrons. The van der Waals surface area contributed by atoms with E-state index in [2.05, 4.69) is 42.0 Å². The molecule has 41 nitrogen and oxygen atoms in total. The number of carboxylic acid groups (broad SMARTS) is 2. The quantitative estimate of drug-likeness (QED) is 0.00613. The number of methoxy groups -OCH3 is 2. The molecule has 6 rings (SSSR count). The fourth-order valence-corrected chi connectivity index (χ4v) is 11.5. The third-order valence-corrected chi connectivity index (χ3v) is 16.7. The predicted octanol–water partition coefficient (Wildman–Crippen LogP) is -13.5. The summed E-state index contributed by atoms with van der Waals surface area (Å²) in [7, 11) is -18.3. The number of ether oxygens (including phenoxy) is 12. The summed E-state index contributed by atoms with van der Waals surface area (Å²) in [6, 6.07) is 0. The van der Waals surface area contributed by atoms with Crippen molar-refractivity contribution >= 4 is 93.5 Å². The first-order valence-electron chi connectivity index (χ1n) is 27.4. The molecule has 6 heterocycles. The second kappa shape index (κ2) is 42.2. The van der Waals surface area contributed by atoms with Gasteiger partial charge < -0.3 is 148 Å². The van der Waals surface area contributed by atoms with E-state index < -0.39 is 252 Å². The second-order valence-electron chi connectivity index (χ2n) is 20.8. The number of unbranched alkanes of at least 4 members (excludes halogenated alkanes) is 1. The molecule has 0 aromatic carbocycles. The number of rotatable bonds is 30. The molecule has 0 amide bonds. The summed E-state index contributed by atoms with van der Waals surface area (Å²) in [5.41, 5.74) is 4.95. The van der Waals surface area contributed by atoms with Gasteiger partial charge in [-0.1, -0.05) is 13.8 Å². The van der Waals surface area contributed by atoms with Gasteiger partial charge in [0.1, 0.15) is 91.6 Å². The number of thiol groups is 2. The summed E-state index contributed by atoms with van der Waals surface area (Å²) in [5, 5.41) is 94.3. The van der Waals surface area contributed by atoms with Crippen molar-refractivity contribution in [2.75, 3.05) is 58.7 Å². The molecule has 0 aromatic rings. The van der Waals surface area contributed by atoms with E-state index in [-0.39, 0.29) is 50.7 Å². The van der Waals surface area contributed by atoms with Crippen LogP contribution in [0.4, 0.5) is 0 Å². The molecule has 6 aliphatic heterocycles. The molecule has 49 heteroatoms. The van der Waals surface area contributed by atoms with Crippen LogP contribution in [-0.2, 0) is 130 Å². The van der Waals surface area contributed by atoms with Crippen LogP contribution >= 0.6 is 25.3 Å². The number of nitrogens with two attached hydrogens (primary N) is 1. The number of hydrogen-bond acceptors (Lipinski definition) is 43. The summed E-state index contributed by atoms with van der Waals surface area (Å²) in [6.45, 7) is 4.69. The third kappa shape index (κ3) is 28.7. The normalized spacial score (nSPS) is 37.4. The molecule has 0 spiro atoms. The molecule has 0 aromatic heterocycles. The number of carbonyl (C=O) groups excluding carboxylic acids is 3. The van der Waals surface area contributed by atoms with Crippen LogP contribution in [0.15, 0.2) is 0 Å². The predicted molar refractivity (Wildman–Crippen MR) is 297 cm³/mol. The van der Waals surface area contributed by atoms with Crippen molar-refractivity contribution in [2.45, 2.75) is 193 Å². The maximum atomic E-state index is 12.1. The van der Waals surface area contributed by atoms with Gasteiger partial charge in [0.2, 0.25) is 41.6 Å². The van der Waals surface area contributed by atoms with Gasteiger partial charge in [-0.15, -0.1) is 0 Å². The van der Waals surface area contributed by atoms with Gasteiger partial charge in [-0.25, -0.2) is 33.7 Å². The van der Waals surface area contributed by atoms with Crippen LogP contribution in [0.25, 0.3) is 0 Å². The van der Waals surface area contributed by atoms with Gasteiger partial charge in [0.25, 0.3) is 0 Å². The van der Waals surface area contributed by atoms with Crippen LogP contribution in [0, 0.1) is 23.7 Å². The molecule has 0 saturated carbocycles. The van der Waals surface area contributed by atoms with Crippen molar-refractivity contribution in [3.8, 4) is 0 Å². The number of carboxylic acids is 2. The monoisotopic (exact) mass is 1500 g/mol. The summed E-state index contributed by atoms with van der Waals surface area (Å²) in [5.74, 6) is -4.23. The van der Waals surface area contributed by atoms with Gasteiger partial charge in [0, 0.05) is 59.6 Å². The fraction of sp³-hybridized carbons (Fsp3) is 0.913. The van der Waals surface area contributed by atoms with E-state index in [4.69, 9.17) is 74.4 Å². The Balaban J connectivity index is 0.000000862. The average molecular weight is 1500 g/mol. The minimum absolute atomic E-state index is 0. The molecule has 6 saturated heterocycles. The Hall–Kier alpha value is -1.42. The molecular formula is C46H73BN2NaO39S6-6. The van der Waals surface area contributed by atoms with E-state index in [0.717, 1.165) is 5.75 Å².